The number of rotatable bonds is 4. The molecule has 0 spiro atoms. The Balaban J connectivity index is 3.13. The smallest absolute Gasteiger partial charge is 0.125 e. The summed E-state index contributed by atoms with van der Waals surface area (Å²) in [6.45, 7) is 0.484. The van der Waals surface area contributed by atoms with Gasteiger partial charge in [0.25, 0.3) is 0 Å². The number of hydrogen-bond donors (Lipinski definition) is 1. The van der Waals surface area contributed by atoms with Crippen molar-refractivity contribution in [3.63, 3.8) is 0 Å². The molecule has 0 saturated heterocycles. The van der Waals surface area contributed by atoms with Gasteiger partial charge in [0.05, 0.1) is 20.3 Å². The van der Waals surface area contributed by atoms with E-state index in [9.17, 15) is 0 Å². The SMILES string of the molecule is COCc1c(Br)cc(CO)cc1OC. The summed E-state index contributed by atoms with van der Waals surface area (Å²) in [7, 11) is 3.23. The van der Waals surface area contributed by atoms with Gasteiger partial charge in [0.15, 0.2) is 0 Å². The van der Waals surface area contributed by atoms with Crippen LogP contribution in [0.1, 0.15) is 11.1 Å². The van der Waals surface area contributed by atoms with Crippen LogP contribution in [-0.2, 0) is 18.0 Å². The maximum atomic E-state index is 9.00. The molecule has 14 heavy (non-hydrogen) atoms. The maximum Gasteiger partial charge on any atom is 0.125 e. The van der Waals surface area contributed by atoms with Crippen LogP contribution in [-0.4, -0.2) is 19.3 Å². The van der Waals surface area contributed by atoms with Gasteiger partial charge in [-0.2, -0.15) is 0 Å². The molecule has 0 fully saturated rings. The minimum absolute atomic E-state index is 0.00220. The van der Waals surface area contributed by atoms with Crippen LogP contribution in [0.25, 0.3) is 0 Å². The Hall–Kier alpha value is -0.580. The average Bonchev–Trinajstić information content (AvgIpc) is 2.20. The first-order valence-corrected chi connectivity index (χ1v) is 4.97. The van der Waals surface area contributed by atoms with E-state index in [1.54, 1.807) is 20.3 Å². The van der Waals surface area contributed by atoms with Crippen molar-refractivity contribution in [3.05, 3.63) is 27.7 Å². The molecule has 4 heteroatoms. The molecule has 0 aromatic heterocycles. The van der Waals surface area contributed by atoms with Crippen LogP contribution in [0, 0.1) is 0 Å². The fraction of sp³-hybridized carbons (Fsp3) is 0.400. The van der Waals surface area contributed by atoms with Gasteiger partial charge >= 0.3 is 0 Å². The first-order chi connectivity index (χ1) is 6.72. The second kappa shape index (κ2) is 5.34. The Labute approximate surface area is 91.8 Å². The molecule has 0 amide bonds. The Morgan fingerprint density at radius 3 is 2.57 bits per heavy atom. The number of benzene rings is 1. The van der Waals surface area contributed by atoms with Crippen molar-refractivity contribution in [1.29, 1.82) is 0 Å². The Morgan fingerprint density at radius 1 is 1.36 bits per heavy atom. The van der Waals surface area contributed by atoms with Crippen LogP contribution >= 0.6 is 15.9 Å². The summed E-state index contributed by atoms with van der Waals surface area (Å²) in [5, 5.41) is 9.00. The lowest BCUT2D eigenvalue weighted by molar-refractivity contribution is 0.181. The molecule has 78 valence electrons. The zero-order chi connectivity index (χ0) is 10.6. The van der Waals surface area contributed by atoms with Gasteiger partial charge in [-0.3, -0.25) is 0 Å². The number of ether oxygens (including phenoxy) is 2. The monoisotopic (exact) mass is 260 g/mol. The molecule has 1 N–H and O–H groups in total. The molecule has 0 aliphatic rings. The van der Waals surface area contributed by atoms with Gasteiger partial charge in [-0.05, 0) is 17.7 Å². The van der Waals surface area contributed by atoms with Crippen molar-refractivity contribution in [1.82, 2.24) is 0 Å². The second-order valence-electron chi connectivity index (χ2n) is 2.85. The quantitative estimate of drug-likeness (QED) is 0.902. The zero-order valence-corrected chi connectivity index (χ0v) is 9.80. The molecule has 0 heterocycles. The fourth-order valence-corrected chi connectivity index (χ4v) is 1.83. The van der Waals surface area contributed by atoms with Crippen molar-refractivity contribution in [3.8, 4) is 5.75 Å². The molecule has 1 aromatic carbocycles. The second-order valence-corrected chi connectivity index (χ2v) is 3.70. The third-order valence-electron chi connectivity index (χ3n) is 1.91. The predicted octanol–water partition coefficient (Wildman–Crippen LogP) is 2.10. The highest BCUT2D eigenvalue weighted by atomic mass is 79.9. The molecule has 0 atom stereocenters. The van der Waals surface area contributed by atoms with Gasteiger partial charge in [-0.25, -0.2) is 0 Å². The van der Waals surface area contributed by atoms with E-state index in [1.807, 2.05) is 6.07 Å². The topological polar surface area (TPSA) is 38.7 Å². The average molecular weight is 261 g/mol. The summed E-state index contributed by atoms with van der Waals surface area (Å²) in [6, 6.07) is 3.66. The van der Waals surface area contributed by atoms with Crippen LogP contribution in [0.5, 0.6) is 5.75 Å². The molecule has 0 aliphatic carbocycles. The zero-order valence-electron chi connectivity index (χ0n) is 8.21. The summed E-state index contributed by atoms with van der Waals surface area (Å²) >= 11 is 3.41. The molecular formula is C10H13BrO3. The van der Waals surface area contributed by atoms with E-state index >= 15 is 0 Å². The molecule has 0 radical (unpaired) electrons. The molecule has 1 rings (SSSR count). The normalized spacial score (nSPS) is 10.3. The van der Waals surface area contributed by atoms with Crippen LogP contribution in [0.3, 0.4) is 0 Å². The highest BCUT2D eigenvalue weighted by Crippen LogP contribution is 2.29. The van der Waals surface area contributed by atoms with E-state index in [0.29, 0.717) is 6.61 Å². The lowest BCUT2D eigenvalue weighted by Crippen LogP contribution is -1.97. The molecule has 1 aromatic rings. The maximum absolute atomic E-state index is 9.00. The highest BCUT2D eigenvalue weighted by molar-refractivity contribution is 9.10. The standard InChI is InChI=1S/C10H13BrO3/c1-13-6-8-9(11)3-7(5-12)4-10(8)14-2/h3-4,12H,5-6H2,1-2H3. The number of hydrogen-bond acceptors (Lipinski definition) is 3. The summed E-state index contributed by atoms with van der Waals surface area (Å²) in [6.07, 6.45) is 0. The van der Waals surface area contributed by atoms with E-state index in [1.165, 1.54) is 0 Å². The van der Waals surface area contributed by atoms with Gasteiger partial charge < -0.3 is 14.6 Å². The van der Waals surface area contributed by atoms with Crippen molar-refractivity contribution in [2.24, 2.45) is 0 Å². The van der Waals surface area contributed by atoms with Gasteiger partial charge in [-0.1, -0.05) is 15.9 Å². The molecular weight excluding hydrogens is 248 g/mol. The van der Waals surface area contributed by atoms with Crippen molar-refractivity contribution in [2.45, 2.75) is 13.2 Å². The number of halogens is 1. The van der Waals surface area contributed by atoms with Crippen molar-refractivity contribution < 1.29 is 14.6 Å². The number of aliphatic hydroxyl groups is 1. The molecule has 0 unspecified atom stereocenters. The van der Waals surface area contributed by atoms with Crippen molar-refractivity contribution >= 4 is 15.9 Å². The molecule has 3 nitrogen and oxygen atoms in total. The van der Waals surface area contributed by atoms with Crippen LogP contribution in [0.2, 0.25) is 0 Å². The van der Waals surface area contributed by atoms with Crippen molar-refractivity contribution in [2.75, 3.05) is 14.2 Å². The third kappa shape index (κ3) is 2.47. The Morgan fingerprint density at radius 2 is 2.07 bits per heavy atom. The van der Waals surface area contributed by atoms with Crippen LogP contribution in [0.15, 0.2) is 16.6 Å². The summed E-state index contributed by atoms with van der Waals surface area (Å²) in [5.74, 6) is 0.727. The predicted molar refractivity (Wildman–Crippen MR) is 57.3 cm³/mol. The third-order valence-corrected chi connectivity index (χ3v) is 2.61. The molecule has 0 aliphatic heterocycles. The van der Waals surface area contributed by atoms with Crippen LogP contribution in [0.4, 0.5) is 0 Å². The lowest BCUT2D eigenvalue weighted by atomic mass is 10.1. The van der Waals surface area contributed by atoms with Gasteiger partial charge in [0.2, 0.25) is 0 Å². The first-order valence-electron chi connectivity index (χ1n) is 4.18. The minimum atomic E-state index is 0.00220. The summed E-state index contributed by atoms with van der Waals surface area (Å²) < 4.78 is 11.1. The Bertz CT molecular complexity index is 312. The molecule has 0 bridgehead atoms. The summed E-state index contributed by atoms with van der Waals surface area (Å²) in [5.41, 5.74) is 1.76. The van der Waals surface area contributed by atoms with E-state index in [4.69, 9.17) is 14.6 Å². The van der Waals surface area contributed by atoms with E-state index in [0.717, 1.165) is 21.3 Å². The van der Waals surface area contributed by atoms with E-state index in [-0.39, 0.29) is 6.61 Å². The largest absolute Gasteiger partial charge is 0.496 e. The lowest BCUT2D eigenvalue weighted by Gasteiger charge is -2.11. The first kappa shape index (κ1) is 11.5. The highest BCUT2D eigenvalue weighted by Gasteiger charge is 2.09. The minimum Gasteiger partial charge on any atom is -0.496 e. The van der Waals surface area contributed by atoms with Gasteiger partial charge in [0, 0.05) is 17.1 Å². The van der Waals surface area contributed by atoms with Crippen LogP contribution < -0.4 is 4.74 Å². The van der Waals surface area contributed by atoms with E-state index in [2.05, 4.69) is 15.9 Å². The molecule has 0 saturated carbocycles. The number of methoxy groups -OCH3 is 2. The van der Waals surface area contributed by atoms with Gasteiger partial charge in [-0.15, -0.1) is 0 Å². The summed E-state index contributed by atoms with van der Waals surface area (Å²) in [4.78, 5) is 0. The Kier molecular flexibility index (Phi) is 4.38. The fourth-order valence-electron chi connectivity index (χ4n) is 1.22. The van der Waals surface area contributed by atoms with Gasteiger partial charge in [0.1, 0.15) is 5.75 Å². The van der Waals surface area contributed by atoms with E-state index < -0.39 is 0 Å². The number of aliphatic hydroxyl groups excluding tert-OH is 1.